The Morgan fingerprint density at radius 3 is 2.79 bits per heavy atom. The van der Waals surface area contributed by atoms with Crippen molar-refractivity contribution >= 4 is 5.91 Å². The van der Waals surface area contributed by atoms with Crippen LogP contribution in [0.5, 0.6) is 0 Å². The normalized spacial score (nSPS) is 10.4. The zero-order chi connectivity index (χ0) is 13.5. The van der Waals surface area contributed by atoms with Crippen LogP contribution in [0.2, 0.25) is 0 Å². The number of benzene rings is 1. The first-order chi connectivity index (χ1) is 9.28. The van der Waals surface area contributed by atoms with Gasteiger partial charge in [0.1, 0.15) is 6.54 Å². The van der Waals surface area contributed by atoms with E-state index in [2.05, 4.69) is 20.9 Å². The molecular weight excluding hydrogens is 242 g/mol. The Morgan fingerprint density at radius 1 is 1.26 bits per heavy atom. The van der Waals surface area contributed by atoms with Gasteiger partial charge in [-0.1, -0.05) is 35.5 Å². The molecule has 2 rings (SSSR count). The van der Waals surface area contributed by atoms with Crippen LogP contribution in [0, 0.1) is 0 Å². The summed E-state index contributed by atoms with van der Waals surface area (Å²) in [6, 6.07) is 9.79. The third-order valence-corrected chi connectivity index (χ3v) is 2.58. The van der Waals surface area contributed by atoms with Crippen LogP contribution < -0.4 is 10.6 Å². The first-order valence-corrected chi connectivity index (χ1v) is 6.12. The highest BCUT2D eigenvalue weighted by atomic mass is 16.2. The van der Waals surface area contributed by atoms with E-state index in [0.29, 0.717) is 13.1 Å². The molecule has 1 aromatic carbocycles. The van der Waals surface area contributed by atoms with Gasteiger partial charge in [-0.3, -0.25) is 4.79 Å². The summed E-state index contributed by atoms with van der Waals surface area (Å²) in [7, 11) is 1.84. The molecule has 6 heteroatoms. The maximum Gasteiger partial charge on any atom is 0.242 e. The molecule has 0 spiro atoms. The number of carbonyl (C=O) groups is 1. The summed E-state index contributed by atoms with van der Waals surface area (Å²) in [5.74, 6) is -0.0789. The van der Waals surface area contributed by atoms with Gasteiger partial charge in [-0.25, -0.2) is 4.68 Å². The van der Waals surface area contributed by atoms with Crippen LogP contribution in [-0.4, -0.2) is 27.9 Å². The number of nitrogens with zero attached hydrogens (tertiary/aromatic N) is 3. The minimum atomic E-state index is -0.0789. The molecule has 0 radical (unpaired) electrons. The Labute approximate surface area is 111 Å². The summed E-state index contributed by atoms with van der Waals surface area (Å²) in [5.41, 5.74) is 1.89. The number of rotatable bonds is 6. The van der Waals surface area contributed by atoms with Gasteiger partial charge in [0.05, 0.1) is 11.9 Å². The molecule has 0 saturated carbocycles. The van der Waals surface area contributed by atoms with Crippen molar-refractivity contribution in [3.8, 4) is 0 Å². The minimum absolute atomic E-state index is 0.0789. The molecule has 0 bridgehead atoms. The molecule has 0 aliphatic carbocycles. The van der Waals surface area contributed by atoms with Crippen LogP contribution in [0.15, 0.2) is 36.5 Å². The summed E-state index contributed by atoms with van der Waals surface area (Å²) >= 11 is 0. The molecule has 1 heterocycles. The molecular formula is C13H17N5O. The largest absolute Gasteiger partial charge is 0.350 e. The van der Waals surface area contributed by atoms with Crippen LogP contribution >= 0.6 is 0 Å². The molecule has 19 heavy (non-hydrogen) atoms. The molecule has 1 amide bonds. The molecule has 6 nitrogen and oxygen atoms in total. The van der Waals surface area contributed by atoms with Gasteiger partial charge in [-0.2, -0.15) is 0 Å². The molecule has 100 valence electrons. The van der Waals surface area contributed by atoms with Crippen molar-refractivity contribution in [1.29, 1.82) is 0 Å². The fraction of sp³-hybridized carbons (Fsp3) is 0.308. The zero-order valence-corrected chi connectivity index (χ0v) is 10.8. The monoisotopic (exact) mass is 259 g/mol. The number of nitrogens with one attached hydrogen (secondary N) is 2. The van der Waals surface area contributed by atoms with Crippen LogP contribution in [0.3, 0.4) is 0 Å². The molecule has 0 aliphatic heterocycles. The van der Waals surface area contributed by atoms with E-state index in [1.165, 1.54) is 4.68 Å². The van der Waals surface area contributed by atoms with Crippen LogP contribution in [-0.2, 0) is 24.4 Å². The quantitative estimate of drug-likeness (QED) is 0.783. The molecule has 0 unspecified atom stereocenters. The van der Waals surface area contributed by atoms with E-state index in [1.54, 1.807) is 6.20 Å². The average molecular weight is 259 g/mol. The Hall–Kier alpha value is -2.21. The maximum absolute atomic E-state index is 11.7. The molecule has 0 atom stereocenters. The predicted molar refractivity (Wildman–Crippen MR) is 71.1 cm³/mol. The third-order valence-electron chi connectivity index (χ3n) is 2.58. The van der Waals surface area contributed by atoms with Crippen molar-refractivity contribution in [2.45, 2.75) is 19.6 Å². The fourth-order valence-electron chi connectivity index (χ4n) is 1.68. The lowest BCUT2D eigenvalue weighted by atomic mass is 10.2. The van der Waals surface area contributed by atoms with E-state index < -0.39 is 0 Å². The van der Waals surface area contributed by atoms with Crippen LogP contribution in [0.25, 0.3) is 0 Å². The summed E-state index contributed by atoms with van der Waals surface area (Å²) in [4.78, 5) is 11.7. The van der Waals surface area contributed by atoms with Crippen LogP contribution in [0.1, 0.15) is 11.3 Å². The van der Waals surface area contributed by atoms with E-state index in [1.807, 2.05) is 37.4 Å². The smallest absolute Gasteiger partial charge is 0.242 e. The Kier molecular flexibility index (Phi) is 4.63. The van der Waals surface area contributed by atoms with Crippen molar-refractivity contribution in [3.63, 3.8) is 0 Å². The average Bonchev–Trinajstić information content (AvgIpc) is 2.85. The highest BCUT2D eigenvalue weighted by Crippen LogP contribution is 1.97. The van der Waals surface area contributed by atoms with Gasteiger partial charge in [0.25, 0.3) is 0 Å². The highest BCUT2D eigenvalue weighted by molar-refractivity contribution is 5.75. The zero-order valence-electron chi connectivity index (χ0n) is 10.8. The summed E-state index contributed by atoms with van der Waals surface area (Å²) in [6.07, 6.45) is 1.76. The second-order valence-electron chi connectivity index (χ2n) is 4.20. The number of carbonyl (C=O) groups excluding carboxylic acids is 1. The van der Waals surface area contributed by atoms with Crippen LogP contribution in [0.4, 0.5) is 0 Å². The Balaban J connectivity index is 1.80. The second kappa shape index (κ2) is 6.65. The van der Waals surface area contributed by atoms with E-state index >= 15 is 0 Å². The molecule has 2 N–H and O–H groups in total. The lowest BCUT2D eigenvalue weighted by Crippen LogP contribution is -2.27. The summed E-state index contributed by atoms with van der Waals surface area (Å²) in [6.45, 7) is 1.35. The van der Waals surface area contributed by atoms with Gasteiger partial charge in [-0.15, -0.1) is 5.10 Å². The SMILES string of the molecule is CNCc1cn(CC(=O)NCc2ccccc2)nn1. The molecule has 2 aromatic rings. The number of hydrogen-bond donors (Lipinski definition) is 2. The standard InChI is InChI=1S/C13H17N5O/c1-14-8-12-9-18(17-16-12)10-13(19)15-7-11-5-3-2-4-6-11/h2-6,9,14H,7-8,10H2,1H3,(H,15,19). The number of aromatic nitrogens is 3. The number of hydrogen-bond acceptors (Lipinski definition) is 4. The maximum atomic E-state index is 11.7. The van der Waals surface area contributed by atoms with Gasteiger partial charge >= 0.3 is 0 Å². The Bertz CT molecular complexity index is 523. The predicted octanol–water partition coefficient (Wildman–Crippen LogP) is 0.314. The van der Waals surface area contributed by atoms with Crippen molar-refractivity contribution < 1.29 is 4.79 Å². The molecule has 0 aliphatic rings. The first-order valence-electron chi connectivity index (χ1n) is 6.12. The first kappa shape index (κ1) is 13.2. The third kappa shape index (κ3) is 4.18. The van der Waals surface area contributed by atoms with Gasteiger partial charge in [0, 0.05) is 13.1 Å². The highest BCUT2D eigenvalue weighted by Gasteiger charge is 2.05. The van der Waals surface area contributed by atoms with Gasteiger partial charge in [0.2, 0.25) is 5.91 Å². The lowest BCUT2D eigenvalue weighted by molar-refractivity contribution is -0.122. The molecule has 1 aromatic heterocycles. The molecule has 0 fully saturated rings. The summed E-state index contributed by atoms with van der Waals surface area (Å²) in [5, 5.41) is 13.7. The Morgan fingerprint density at radius 2 is 2.05 bits per heavy atom. The van der Waals surface area contributed by atoms with Crippen molar-refractivity contribution in [2.75, 3.05) is 7.05 Å². The van der Waals surface area contributed by atoms with Gasteiger partial charge < -0.3 is 10.6 Å². The van der Waals surface area contributed by atoms with E-state index in [0.717, 1.165) is 11.3 Å². The second-order valence-corrected chi connectivity index (χ2v) is 4.20. The lowest BCUT2D eigenvalue weighted by Gasteiger charge is -2.04. The van der Waals surface area contributed by atoms with Gasteiger partial charge in [-0.05, 0) is 12.6 Å². The van der Waals surface area contributed by atoms with Gasteiger partial charge in [0.15, 0.2) is 0 Å². The summed E-state index contributed by atoms with van der Waals surface area (Å²) < 4.78 is 1.53. The number of amides is 1. The van der Waals surface area contributed by atoms with Crippen molar-refractivity contribution in [3.05, 3.63) is 47.8 Å². The minimum Gasteiger partial charge on any atom is -0.350 e. The topological polar surface area (TPSA) is 71.8 Å². The van der Waals surface area contributed by atoms with Crippen molar-refractivity contribution in [1.82, 2.24) is 25.6 Å². The van der Waals surface area contributed by atoms with E-state index in [-0.39, 0.29) is 12.5 Å². The molecule has 0 saturated heterocycles. The fourth-order valence-corrected chi connectivity index (χ4v) is 1.68. The van der Waals surface area contributed by atoms with E-state index in [9.17, 15) is 4.79 Å². The van der Waals surface area contributed by atoms with Crippen molar-refractivity contribution in [2.24, 2.45) is 0 Å². The van der Waals surface area contributed by atoms with E-state index in [4.69, 9.17) is 0 Å².